The quantitative estimate of drug-likeness (QED) is 0.740. The van der Waals surface area contributed by atoms with Crippen molar-refractivity contribution in [2.24, 2.45) is 0 Å². The van der Waals surface area contributed by atoms with Crippen LogP contribution in [0.25, 0.3) is 11.0 Å². The zero-order chi connectivity index (χ0) is 13.4. The first-order chi connectivity index (χ1) is 9.17. The molecule has 0 saturated heterocycles. The molecule has 0 aliphatic heterocycles. The maximum Gasteiger partial charge on any atom is 0.109 e. The van der Waals surface area contributed by atoms with E-state index in [2.05, 4.69) is 41.6 Å². The van der Waals surface area contributed by atoms with Gasteiger partial charge in [-0.15, -0.1) is 11.3 Å². The van der Waals surface area contributed by atoms with E-state index in [9.17, 15) is 0 Å². The van der Waals surface area contributed by atoms with Crippen LogP contribution in [-0.2, 0) is 13.0 Å². The van der Waals surface area contributed by atoms with E-state index in [1.807, 2.05) is 23.5 Å². The summed E-state index contributed by atoms with van der Waals surface area (Å²) in [7, 11) is 0. The Morgan fingerprint density at radius 3 is 2.79 bits per heavy atom. The van der Waals surface area contributed by atoms with Gasteiger partial charge in [-0.2, -0.15) is 0 Å². The highest BCUT2D eigenvalue weighted by molar-refractivity contribution is 7.11. The SMILES string of the molecule is CCc1nc2cc(N)ccc2n1Cc1ccc(C)s1. The van der Waals surface area contributed by atoms with Crippen molar-refractivity contribution < 1.29 is 0 Å². The van der Waals surface area contributed by atoms with Crippen LogP contribution in [0.1, 0.15) is 22.5 Å². The van der Waals surface area contributed by atoms with Crippen LogP contribution >= 0.6 is 11.3 Å². The molecule has 3 rings (SSSR count). The fourth-order valence-electron chi connectivity index (χ4n) is 2.37. The van der Waals surface area contributed by atoms with Crippen LogP contribution in [0, 0.1) is 6.92 Å². The summed E-state index contributed by atoms with van der Waals surface area (Å²) in [6.07, 6.45) is 0.930. The Bertz CT molecular complexity index is 724. The lowest BCUT2D eigenvalue weighted by atomic mass is 10.3. The minimum atomic E-state index is 0.770. The molecule has 1 aromatic carbocycles. The molecular formula is C15H17N3S. The Hall–Kier alpha value is -1.81. The van der Waals surface area contributed by atoms with Crippen LogP contribution in [-0.4, -0.2) is 9.55 Å². The first-order valence-corrected chi connectivity index (χ1v) is 7.29. The van der Waals surface area contributed by atoms with Crippen molar-refractivity contribution in [1.82, 2.24) is 9.55 Å². The van der Waals surface area contributed by atoms with E-state index in [0.29, 0.717) is 0 Å². The maximum atomic E-state index is 5.83. The summed E-state index contributed by atoms with van der Waals surface area (Å²) in [5.41, 5.74) is 8.76. The van der Waals surface area contributed by atoms with Gasteiger partial charge < -0.3 is 10.3 Å². The fraction of sp³-hybridized carbons (Fsp3) is 0.267. The van der Waals surface area contributed by atoms with Crippen molar-refractivity contribution in [2.75, 3.05) is 5.73 Å². The monoisotopic (exact) mass is 271 g/mol. The average molecular weight is 271 g/mol. The number of nitrogen functional groups attached to an aromatic ring is 1. The Labute approximate surface area is 116 Å². The average Bonchev–Trinajstić information content (AvgIpc) is 2.94. The standard InChI is InChI=1S/C15H17N3S/c1-3-15-17-13-8-11(16)5-7-14(13)18(15)9-12-6-4-10(2)19-12/h4-8H,3,9,16H2,1-2H3. The summed E-state index contributed by atoms with van der Waals surface area (Å²) in [5, 5.41) is 0. The molecule has 0 saturated carbocycles. The highest BCUT2D eigenvalue weighted by Gasteiger charge is 2.10. The van der Waals surface area contributed by atoms with Gasteiger partial charge >= 0.3 is 0 Å². The molecule has 3 nitrogen and oxygen atoms in total. The van der Waals surface area contributed by atoms with Crippen molar-refractivity contribution in [3.8, 4) is 0 Å². The number of thiophene rings is 1. The second kappa shape index (κ2) is 4.70. The molecule has 2 N–H and O–H groups in total. The number of nitrogens with two attached hydrogens (primary N) is 1. The van der Waals surface area contributed by atoms with Gasteiger partial charge in [-0.05, 0) is 37.3 Å². The number of benzene rings is 1. The Kier molecular flexibility index (Phi) is 3.03. The van der Waals surface area contributed by atoms with Crippen LogP contribution in [0.15, 0.2) is 30.3 Å². The van der Waals surface area contributed by atoms with Crippen LogP contribution in [0.5, 0.6) is 0 Å². The summed E-state index contributed by atoms with van der Waals surface area (Å²) in [6.45, 7) is 5.17. The van der Waals surface area contributed by atoms with Gasteiger partial charge in [0.05, 0.1) is 17.6 Å². The number of aryl methyl sites for hydroxylation is 2. The molecule has 0 fully saturated rings. The fourth-order valence-corrected chi connectivity index (χ4v) is 3.25. The van der Waals surface area contributed by atoms with Crippen molar-refractivity contribution in [1.29, 1.82) is 0 Å². The highest BCUT2D eigenvalue weighted by atomic mass is 32.1. The largest absolute Gasteiger partial charge is 0.399 e. The number of rotatable bonds is 3. The van der Waals surface area contributed by atoms with Crippen LogP contribution in [0.4, 0.5) is 5.69 Å². The lowest BCUT2D eigenvalue weighted by Crippen LogP contribution is -2.03. The van der Waals surface area contributed by atoms with E-state index >= 15 is 0 Å². The lowest BCUT2D eigenvalue weighted by molar-refractivity contribution is 0.761. The summed E-state index contributed by atoms with van der Waals surface area (Å²) < 4.78 is 2.29. The number of aromatic nitrogens is 2. The second-order valence-electron chi connectivity index (χ2n) is 4.73. The number of imidazole rings is 1. The number of hydrogen-bond acceptors (Lipinski definition) is 3. The van der Waals surface area contributed by atoms with Gasteiger partial charge in [-0.1, -0.05) is 6.92 Å². The molecule has 19 heavy (non-hydrogen) atoms. The highest BCUT2D eigenvalue weighted by Crippen LogP contribution is 2.23. The zero-order valence-corrected chi connectivity index (χ0v) is 12.0. The Morgan fingerprint density at radius 1 is 1.26 bits per heavy atom. The molecule has 0 aliphatic carbocycles. The molecule has 2 heterocycles. The predicted molar refractivity (Wildman–Crippen MR) is 81.7 cm³/mol. The van der Waals surface area contributed by atoms with E-state index < -0.39 is 0 Å². The maximum absolute atomic E-state index is 5.83. The van der Waals surface area contributed by atoms with Crippen molar-refractivity contribution >= 4 is 28.1 Å². The molecule has 0 bridgehead atoms. The summed E-state index contributed by atoms with van der Waals surface area (Å²) in [4.78, 5) is 7.40. The van der Waals surface area contributed by atoms with Crippen molar-refractivity contribution in [2.45, 2.75) is 26.8 Å². The summed E-state index contributed by atoms with van der Waals surface area (Å²) in [5.74, 6) is 1.12. The molecule has 0 unspecified atom stereocenters. The van der Waals surface area contributed by atoms with Crippen molar-refractivity contribution in [3.63, 3.8) is 0 Å². The van der Waals surface area contributed by atoms with Gasteiger partial charge in [0.15, 0.2) is 0 Å². The zero-order valence-electron chi connectivity index (χ0n) is 11.2. The lowest BCUT2D eigenvalue weighted by Gasteiger charge is -2.06. The van der Waals surface area contributed by atoms with Gasteiger partial charge in [0, 0.05) is 21.9 Å². The van der Waals surface area contributed by atoms with Crippen LogP contribution in [0.3, 0.4) is 0 Å². The third kappa shape index (κ3) is 2.24. The summed E-state index contributed by atoms with van der Waals surface area (Å²) >= 11 is 1.84. The molecule has 0 radical (unpaired) electrons. The minimum Gasteiger partial charge on any atom is -0.399 e. The molecule has 0 aliphatic rings. The van der Waals surface area contributed by atoms with Gasteiger partial charge in [-0.3, -0.25) is 0 Å². The molecule has 98 valence electrons. The second-order valence-corrected chi connectivity index (χ2v) is 6.10. The molecular weight excluding hydrogens is 254 g/mol. The molecule has 3 aromatic rings. The van der Waals surface area contributed by atoms with E-state index in [1.165, 1.54) is 9.75 Å². The Balaban J connectivity index is 2.10. The minimum absolute atomic E-state index is 0.770. The first kappa shape index (κ1) is 12.2. The van der Waals surface area contributed by atoms with Crippen LogP contribution in [0.2, 0.25) is 0 Å². The number of anilines is 1. The Morgan fingerprint density at radius 2 is 2.11 bits per heavy atom. The third-order valence-corrected chi connectivity index (χ3v) is 4.26. The predicted octanol–water partition coefficient (Wildman–Crippen LogP) is 3.60. The molecule has 2 aromatic heterocycles. The van der Waals surface area contributed by atoms with E-state index in [0.717, 1.165) is 35.5 Å². The number of hydrogen-bond donors (Lipinski definition) is 1. The molecule has 4 heteroatoms. The summed E-state index contributed by atoms with van der Waals surface area (Å²) in [6, 6.07) is 10.3. The first-order valence-electron chi connectivity index (χ1n) is 6.47. The van der Waals surface area contributed by atoms with Crippen molar-refractivity contribution in [3.05, 3.63) is 45.9 Å². The van der Waals surface area contributed by atoms with Crippen LogP contribution < -0.4 is 5.73 Å². The smallest absolute Gasteiger partial charge is 0.109 e. The van der Waals surface area contributed by atoms with Gasteiger partial charge in [0.25, 0.3) is 0 Å². The molecule has 0 amide bonds. The number of fused-ring (bicyclic) bond motifs is 1. The van der Waals surface area contributed by atoms with E-state index in [-0.39, 0.29) is 0 Å². The normalized spacial score (nSPS) is 11.3. The van der Waals surface area contributed by atoms with E-state index in [1.54, 1.807) is 0 Å². The topological polar surface area (TPSA) is 43.8 Å². The van der Waals surface area contributed by atoms with Gasteiger partial charge in [0.2, 0.25) is 0 Å². The van der Waals surface area contributed by atoms with Gasteiger partial charge in [0.1, 0.15) is 5.82 Å². The number of nitrogens with zero attached hydrogens (tertiary/aromatic N) is 2. The molecule has 0 atom stereocenters. The third-order valence-electron chi connectivity index (χ3n) is 3.28. The molecule has 0 spiro atoms. The van der Waals surface area contributed by atoms with Gasteiger partial charge in [-0.25, -0.2) is 4.98 Å². The van der Waals surface area contributed by atoms with E-state index in [4.69, 9.17) is 5.73 Å².